The number of fused-ring (bicyclic) bond motifs is 1. The van der Waals surface area contributed by atoms with Gasteiger partial charge in [-0.2, -0.15) is 5.10 Å². The lowest BCUT2D eigenvalue weighted by molar-refractivity contribution is 0.174. The van der Waals surface area contributed by atoms with Crippen molar-refractivity contribution in [3.8, 4) is 22.8 Å². The first-order valence-corrected chi connectivity index (χ1v) is 8.84. The van der Waals surface area contributed by atoms with E-state index in [2.05, 4.69) is 10.1 Å². The number of benzene rings is 2. The fourth-order valence-electron chi connectivity index (χ4n) is 2.50. The van der Waals surface area contributed by atoms with Crippen LogP contribution < -0.4 is 14.3 Å². The van der Waals surface area contributed by atoms with Gasteiger partial charge in [0, 0.05) is 23.0 Å². The standard InChI is InChI=1S/C18H14ClN3O2S/c1-20-18-22(15(10-25-18)13-3-5-14(19)6-4-13)21-9-12-2-7-16-17(8-12)24-11-23-16/h2-10H,11H2,1H3. The lowest BCUT2D eigenvalue weighted by Gasteiger charge is -2.04. The van der Waals surface area contributed by atoms with Crippen LogP contribution in [0.1, 0.15) is 5.56 Å². The summed E-state index contributed by atoms with van der Waals surface area (Å²) in [5.41, 5.74) is 2.91. The molecule has 1 aliphatic heterocycles. The highest BCUT2D eigenvalue weighted by Crippen LogP contribution is 2.32. The van der Waals surface area contributed by atoms with Gasteiger partial charge in [0.15, 0.2) is 11.5 Å². The normalized spacial score (nSPS) is 13.8. The minimum Gasteiger partial charge on any atom is -0.454 e. The molecule has 0 N–H and O–H groups in total. The van der Waals surface area contributed by atoms with Crippen LogP contribution in [-0.4, -0.2) is 24.7 Å². The Morgan fingerprint density at radius 2 is 1.92 bits per heavy atom. The van der Waals surface area contributed by atoms with Crippen LogP contribution in [0.2, 0.25) is 5.02 Å². The van der Waals surface area contributed by atoms with Crippen molar-refractivity contribution in [3.63, 3.8) is 0 Å². The van der Waals surface area contributed by atoms with Crippen LogP contribution in [0.15, 0.2) is 57.9 Å². The van der Waals surface area contributed by atoms with E-state index in [0.717, 1.165) is 33.1 Å². The molecule has 0 radical (unpaired) electrons. The van der Waals surface area contributed by atoms with Gasteiger partial charge in [-0.15, -0.1) is 11.3 Å². The molecular formula is C18H14ClN3O2S. The van der Waals surface area contributed by atoms with Gasteiger partial charge in [0.2, 0.25) is 11.6 Å². The van der Waals surface area contributed by atoms with E-state index >= 15 is 0 Å². The second-order valence-electron chi connectivity index (χ2n) is 5.30. The third-order valence-electron chi connectivity index (χ3n) is 3.74. The Balaban J connectivity index is 1.72. The van der Waals surface area contributed by atoms with Gasteiger partial charge < -0.3 is 9.47 Å². The number of hydrogen-bond acceptors (Lipinski definition) is 5. The number of nitrogens with zero attached hydrogens (tertiary/aromatic N) is 3. The van der Waals surface area contributed by atoms with Crippen LogP contribution in [0.25, 0.3) is 11.3 Å². The molecule has 0 spiro atoms. The van der Waals surface area contributed by atoms with E-state index in [0.29, 0.717) is 5.02 Å². The first-order chi connectivity index (χ1) is 12.2. The molecule has 0 atom stereocenters. The quantitative estimate of drug-likeness (QED) is 0.653. The van der Waals surface area contributed by atoms with Crippen molar-refractivity contribution < 1.29 is 9.47 Å². The highest BCUT2D eigenvalue weighted by molar-refractivity contribution is 7.07. The van der Waals surface area contributed by atoms with Crippen molar-refractivity contribution in [1.29, 1.82) is 0 Å². The molecule has 0 bridgehead atoms. The van der Waals surface area contributed by atoms with E-state index in [4.69, 9.17) is 21.1 Å². The number of halogens is 1. The zero-order chi connectivity index (χ0) is 17.2. The summed E-state index contributed by atoms with van der Waals surface area (Å²) in [6, 6.07) is 13.4. The molecule has 0 saturated heterocycles. The van der Waals surface area contributed by atoms with Crippen molar-refractivity contribution in [3.05, 3.63) is 63.2 Å². The predicted octanol–water partition coefficient (Wildman–Crippen LogP) is 4.01. The smallest absolute Gasteiger partial charge is 0.231 e. The first-order valence-electron chi connectivity index (χ1n) is 7.58. The molecule has 126 valence electrons. The van der Waals surface area contributed by atoms with Crippen molar-refractivity contribution in [1.82, 2.24) is 4.68 Å². The Hall–Kier alpha value is -2.57. The predicted molar refractivity (Wildman–Crippen MR) is 99.8 cm³/mol. The third-order valence-corrected chi connectivity index (χ3v) is 4.89. The van der Waals surface area contributed by atoms with Gasteiger partial charge in [-0.3, -0.25) is 4.99 Å². The van der Waals surface area contributed by atoms with Gasteiger partial charge in [-0.1, -0.05) is 23.7 Å². The van der Waals surface area contributed by atoms with Gasteiger partial charge in [-0.05, 0) is 35.9 Å². The van der Waals surface area contributed by atoms with Crippen molar-refractivity contribution >= 4 is 29.2 Å². The molecule has 3 aromatic rings. The monoisotopic (exact) mass is 371 g/mol. The van der Waals surface area contributed by atoms with E-state index < -0.39 is 0 Å². The van der Waals surface area contributed by atoms with E-state index in [1.54, 1.807) is 13.3 Å². The molecule has 0 unspecified atom stereocenters. The van der Waals surface area contributed by atoms with Crippen molar-refractivity contribution in [2.24, 2.45) is 10.1 Å². The van der Waals surface area contributed by atoms with Crippen LogP contribution in [0, 0.1) is 0 Å². The number of thiazole rings is 1. The fourth-order valence-corrected chi connectivity index (χ4v) is 3.43. The zero-order valence-corrected chi connectivity index (χ0v) is 14.9. The maximum atomic E-state index is 5.98. The molecule has 0 amide bonds. The topological polar surface area (TPSA) is 48.1 Å². The summed E-state index contributed by atoms with van der Waals surface area (Å²) in [6.07, 6.45) is 1.78. The van der Waals surface area contributed by atoms with Crippen LogP contribution in [0.5, 0.6) is 11.5 Å². The second-order valence-corrected chi connectivity index (χ2v) is 6.58. The summed E-state index contributed by atoms with van der Waals surface area (Å²) in [4.78, 5) is 5.11. The maximum absolute atomic E-state index is 5.98. The molecule has 0 saturated carbocycles. The third kappa shape index (κ3) is 3.18. The fraction of sp³-hybridized carbons (Fsp3) is 0.111. The minimum absolute atomic E-state index is 0.259. The van der Waals surface area contributed by atoms with Gasteiger partial charge in [0.05, 0.1) is 11.9 Å². The molecule has 1 aromatic heterocycles. The van der Waals surface area contributed by atoms with Crippen molar-refractivity contribution in [2.45, 2.75) is 0 Å². The zero-order valence-electron chi connectivity index (χ0n) is 13.3. The van der Waals surface area contributed by atoms with Gasteiger partial charge in [-0.25, -0.2) is 4.68 Å². The molecule has 0 aliphatic carbocycles. The van der Waals surface area contributed by atoms with Crippen molar-refractivity contribution in [2.75, 3.05) is 13.8 Å². The van der Waals surface area contributed by atoms with Gasteiger partial charge in [0.25, 0.3) is 0 Å². The lowest BCUT2D eigenvalue weighted by Crippen LogP contribution is -2.11. The Morgan fingerprint density at radius 1 is 1.12 bits per heavy atom. The highest BCUT2D eigenvalue weighted by atomic mass is 35.5. The van der Waals surface area contributed by atoms with E-state index in [-0.39, 0.29) is 6.79 Å². The molecular weight excluding hydrogens is 358 g/mol. The van der Waals surface area contributed by atoms with E-state index in [1.165, 1.54) is 11.3 Å². The highest BCUT2D eigenvalue weighted by Gasteiger charge is 2.12. The SMILES string of the molecule is CN=c1scc(-c2ccc(Cl)cc2)n1N=Cc1ccc2c(c1)OCO2. The number of ether oxygens (including phenoxy) is 2. The second kappa shape index (κ2) is 6.74. The summed E-state index contributed by atoms with van der Waals surface area (Å²) < 4.78 is 12.6. The van der Waals surface area contributed by atoms with Crippen LogP contribution in [0.3, 0.4) is 0 Å². The number of rotatable bonds is 3. The Labute approximate surface area is 153 Å². The first kappa shape index (κ1) is 15.9. The molecule has 1 aliphatic rings. The van der Waals surface area contributed by atoms with E-state index in [9.17, 15) is 0 Å². The molecule has 0 fully saturated rings. The Bertz CT molecular complexity index is 1010. The number of hydrogen-bond donors (Lipinski definition) is 0. The minimum atomic E-state index is 0.259. The van der Waals surface area contributed by atoms with Crippen LogP contribution >= 0.6 is 22.9 Å². The molecule has 5 nitrogen and oxygen atoms in total. The lowest BCUT2D eigenvalue weighted by atomic mass is 10.2. The molecule has 2 heterocycles. The summed E-state index contributed by atoms with van der Waals surface area (Å²) >= 11 is 7.52. The summed E-state index contributed by atoms with van der Waals surface area (Å²) in [5, 5.41) is 7.34. The molecule has 7 heteroatoms. The van der Waals surface area contributed by atoms with Crippen LogP contribution in [0.4, 0.5) is 0 Å². The largest absolute Gasteiger partial charge is 0.454 e. The summed E-state index contributed by atoms with van der Waals surface area (Å²) in [6.45, 7) is 0.259. The Morgan fingerprint density at radius 3 is 2.72 bits per heavy atom. The van der Waals surface area contributed by atoms with E-state index in [1.807, 2.05) is 52.5 Å². The summed E-state index contributed by atoms with van der Waals surface area (Å²) in [7, 11) is 1.75. The van der Waals surface area contributed by atoms with Gasteiger partial charge in [0.1, 0.15) is 0 Å². The summed E-state index contributed by atoms with van der Waals surface area (Å²) in [5.74, 6) is 1.49. The average Bonchev–Trinajstić information content (AvgIpc) is 3.26. The Kier molecular flexibility index (Phi) is 4.29. The average molecular weight is 372 g/mol. The molecule has 25 heavy (non-hydrogen) atoms. The molecule has 2 aromatic carbocycles. The van der Waals surface area contributed by atoms with Crippen LogP contribution in [-0.2, 0) is 0 Å². The van der Waals surface area contributed by atoms with Gasteiger partial charge >= 0.3 is 0 Å². The maximum Gasteiger partial charge on any atom is 0.231 e. The molecule has 4 rings (SSSR count). The number of aromatic nitrogens is 1.